The Balaban J connectivity index is 1.87. The van der Waals surface area contributed by atoms with E-state index in [1.165, 1.54) is 0 Å². The van der Waals surface area contributed by atoms with E-state index >= 15 is 0 Å². The molecule has 0 aliphatic carbocycles. The first-order chi connectivity index (χ1) is 11.6. The van der Waals surface area contributed by atoms with Crippen LogP contribution >= 0.6 is 0 Å². The number of hydrogen-bond acceptors (Lipinski definition) is 3. The van der Waals surface area contributed by atoms with Crippen LogP contribution in [0.5, 0.6) is 0 Å². The van der Waals surface area contributed by atoms with Crippen LogP contribution in [0.2, 0.25) is 0 Å². The summed E-state index contributed by atoms with van der Waals surface area (Å²) in [5.41, 5.74) is 1.90. The number of aromatic nitrogens is 1. The van der Waals surface area contributed by atoms with E-state index in [1.54, 1.807) is 17.3 Å². The SMILES string of the molecule is CC(C)N(Cc1cccnc1)C(=O)CNC(=O)Cc1ccccc1. The number of pyridine rings is 1. The van der Waals surface area contributed by atoms with Crippen LogP contribution in [0.1, 0.15) is 25.0 Å². The van der Waals surface area contributed by atoms with Gasteiger partial charge in [-0.1, -0.05) is 36.4 Å². The Morgan fingerprint density at radius 1 is 1.08 bits per heavy atom. The third kappa shape index (κ3) is 5.50. The van der Waals surface area contributed by atoms with Crippen molar-refractivity contribution in [1.29, 1.82) is 0 Å². The molecule has 2 amide bonds. The highest BCUT2D eigenvalue weighted by atomic mass is 16.2. The van der Waals surface area contributed by atoms with Crippen molar-refractivity contribution in [2.75, 3.05) is 6.54 Å². The Labute approximate surface area is 142 Å². The maximum atomic E-state index is 12.4. The molecule has 1 heterocycles. The topological polar surface area (TPSA) is 62.3 Å². The lowest BCUT2D eigenvalue weighted by Crippen LogP contribution is -2.43. The Hall–Kier alpha value is -2.69. The zero-order chi connectivity index (χ0) is 17.4. The average Bonchev–Trinajstić information content (AvgIpc) is 2.59. The molecule has 0 unspecified atom stereocenters. The van der Waals surface area contributed by atoms with E-state index in [9.17, 15) is 9.59 Å². The summed E-state index contributed by atoms with van der Waals surface area (Å²) in [6.45, 7) is 4.41. The lowest BCUT2D eigenvalue weighted by Gasteiger charge is -2.27. The number of amides is 2. The van der Waals surface area contributed by atoms with Gasteiger partial charge in [0.05, 0.1) is 13.0 Å². The molecule has 5 nitrogen and oxygen atoms in total. The van der Waals surface area contributed by atoms with Gasteiger partial charge < -0.3 is 10.2 Å². The van der Waals surface area contributed by atoms with E-state index in [2.05, 4.69) is 10.3 Å². The number of carbonyl (C=O) groups is 2. The van der Waals surface area contributed by atoms with E-state index in [0.29, 0.717) is 6.54 Å². The molecule has 0 saturated heterocycles. The Morgan fingerprint density at radius 3 is 2.42 bits per heavy atom. The van der Waals surface area contributed by atoms with Crippen molar-refractivity contribution < 1.29 is 9.59 Å². The van der Waals surface area contributed by atoms with Crippen molar-refractivity contribution in [2.45, 2.75) is 32.9 Å². The number of nitrogens with zero attached hydrogens (tertiary/aromatic N) is 2. The smallest absolute Gasteiger partial charge is 0.242 e. The Morgan fingerprint density at radius 2 is 1.79 bits per heavy atom. The van der Waals surface area contributed by atoms with Crippen LogP contribution in [-0.4, -0.2) is 34.3 Å². The maximum absolute atomic E-state index is 12.4. The van der Waals surface area contributed by atoms with E-state index < -0.39 is 0 Å². The van der Waals surface area contributed by atoms with Crippen LogP contribution in [0.25, 0.3) is 0 Å². The minimum Gasteiger partial charge on any atom is -0.347 e. The molecule has 5 heteroatoms. The predicted molar refractivity (Wildman–Crippen MR) is 93.1 cm³/mol. The van der Waals surface area contributed by atoms with Gasteiger partial charge in [0.15, 0.2) is 0 Å². The quantitative estimate of drug-likeness (QED) is 0.849. The second kappa shape index (κ2) is 8.82. The van der Waals surface area contributed by atoms with Gasteiger partial charge in [-0.3, -0.25) is 14.6 Å². The minimum absolute atomic E-state index is 0.00408. The van der Waals surface area contributed by atoms with E-state index in [4.69, 9.17) is 0 Å². The highest BCUT2D eigenvalue weighted by Gasteiger charge is 2.18. The molecular formula is C19H23N3O2. The van der Waals surface area contributed by atoms with Crippen molar-refractivity contribution in [2.24, 2.45) is 0 Å². The lowest BCUT2D eigenvalue weighted by atomic mass is 10.1. The van der Waals surface area contributed by atoms with Gasteiger partial charge in [-0.15, -0.1) is 0 Å². The minimum atomic E-state index is -0.153. The fourth-order valence-corrected chi connectivity index (χ4v) is 2.37. The summed E-state index contributed by atoms with van der Waals surface area (Å²) in [6, 6.07) is 13.3. The first kappa shape index (κ1) is 17.7. The van der Waals surface area contributed by atoms with Crippen molar-refractivity contribution in [3.05, 3.63) is 66.0 Å². The summed E-state index contributed by atoms with van der Waals surface area (Å²) < 4.78 is 0. The van der Waals surface area contributed by atoms with Gasteiger partial charge in [0.2, 0.25) is 11.8 Å². The normalized spacial score (nSPS) is 10.5. The molecule has 24 heavy (non-hydrogen) atoms. The predicted octanol–water partition coefficient (Wildman–Crippen LogP) is 2.18. The molecule has 126 valence electrons. The summed E-state index contributed by atoms with van der Waals surface area (Å²) >= 11 is 0. The van der Waals surface area contributed by atoms with Crippen molar-refractivity contribution >= 4 is 11.8 Å². The number of hydrogen-bond donors (Lipinski definition) is 1. The summed E-state index contributed by atoms with van der Waals surface area (Å²) in [4.78, 5) is 30.2. The number of carbonyl (C=O) groups excluding carboxylic acids is 2. The van der Waals surface area contributed by atoms with Crippen molar-refractivity contribution in [3.8, 4) is 0 Å². The summed E-state index contributed by atoms with van der Waals surface area (Å²) in [5.74, 6) is -0.255. The molecule has 0 saturated carbocycles. The average molecular weight is 325 g/mol. The van der Waals surface area contributed by atoms with E-state index in [0.717, 1.165) is 11.1 Å². The Bertz CT molecular complexity index is 657. The lowest BCUT2D eigenvalue weighted by molar-refractivity contribution is -0.134. The Kier molecular flexibility index (Phi) is 6.49. The van der Waals surface area contributed by atoms with Crippen LogP contribution in [0.4, 0.5) is 0 Å². The van der Waals surface area contributed by atoms with E-state index in [-0.39, 0.29) is 30.8 Å². The van der Waals surface area contributed by atoms with E-state index in [1.807, 2.05) is 56.3 Å². The molecule has 1 aromatic heterocycles. The molecular weight excluding hydrogens is 302 g/mol. The molecule has 0 atom stereocenters. The van der Waals surface area contributed by atoms with Gasteiger partial charge in [0.1, 0.15) is 0 Å². The van der Waals surface area contributed by atoms with Gasteiger partial charge in [0, 0.05) is 25.0 Å². The zero-order valence-electron chi connectivity index (χ0n) is 14.1. The van der Waals surface area contributed by atoms with Crippen LogP contribution in [0.3, 0.4) is 0 Å². The number of nitrogens with one attached hydrogen (secondary N) is 1. The second-order valence-corrected chi connectivity index (χ2v) is 5.92. The highest BCUT2D eigenvalue weighted by Crippen LogP contribution is 2.07. The van der Waals surface area contributed by atoms with Crippen molar-refractivity contribution in [3.63, 3.8) is 0 Å². The molecule has 0 radical (unpaired) electrons. The zero-order valence-corrected chi connectivity index (χ0v) is 14.1. The first-order valence-corrected chi connectivity index (χ1v) is 8.05. The molecule has 0 aliphatic rings. The third-order valence-electron chi connectivity index (χ3n) is 3.66. The fraction of sp³-hybridized carbons (Fsp3) is 0.316. The van der Waals surface area contributed by atoms with Gasteiger partial charge in [0.25, 0.3) is 0 Å². The monoisotopic (exact) mass is 325 g/mol. The van der Waals surface area contributed by atoms with Gasteiger partial charge in [-0.2, -0.15) is 0 Å². The third-order valence-corrected chi connectivity index (χ3v) is 3.66. The maximum Gasteiger partial charge on any atom is 0.242 e. The highest BCUT2D eigenvalue weighted by molar-refractivity contribution is 5.85. The molecule has 0 bridgehead atoms. The summed E-state index contributed by atoms with van der Waals surface area (Å²) in [6.07, 6.45) is 3.73. The van der Waals surface area contributed by atoms with Crippen molar-refractivity contribution in [1.82, 2.24) is 15.2 Å². The molecule has 2 rings (SSSR count). The molecule has 0 spiro atoms. The summed E-state index contributed by atoms with van der Waals surface area (Å²) in [5, 5.41) is 2.71. The van der Waals surface area contributed by atoms with Crippen LogP contribution in [0.15, 0.2) is 54.9 Å². The first-order valence-electron chi connectivity index (χ1n) is 8.05. The molecule has 0 fully saturated rings. The summed E-state index contributed by atoms with van der Waals surface area (Å²) in [7, 11) is 0. The number of benzene rings is 1. The fourth-order valence-electron chi connectivity index (χ4n) is 2.37. The van der Waals surface area contributed by atoms with Gasteiger partial charge in [-0.25, -0.2) is 0 Å². The van der Waals surface area contributed by atoms with Crippen LogP contribution < -0.4 is 5.32 Å². The number of rotatable bonds is 7. The molecule has 2 aromatic rings. The molecule has 1 aromatic carbocycles. The van der Waals surface area contributed by atoms with Gasteiger partial charge >= 0.3 is 0 Å². The molecule has 1 N–H and O–H groups in total. The largest absolute Gasteiger partial charge is 0.347 e. The van der Waals surface area contributed by atoms with Crippen LogP contribution in [0, 0.1) is 0 Å². The standard InChI is InChI=1S/C19H23N3O2/c1-15(2)22(14-17-9-6-10-20-12-17)19(24)13-21-18(23)11-16-7-4-3-5-8-16/h3-10,12,15H,11,13-14H2,1-2H3,(H,21,23). The second-order valence-electron chi connectivity index (χ2n) is 5.92. The molecule has 0 aliphatic heterocycles. The van der Waals surface area contributed by atoms with Crippen LogP contribution in [-0.2, 0) is 22.6 Å². The van der Waals surface area contributed by atoms with Gasteiger partial charge in [-0.05, 0) is 31.0 Å².